The first-order chi connectivity index (χ1) is 14.1. The van der Waals surface area contributed by atoms with Crippen molar-refractivity contribution in [3.05, 3.63) is 70.0 Å². The van der Waals surface area contributed by atoms with E-state index in [4.69, 9.17) is 9.72 Å². The fourth-order valence-corrected chi connectivity index (χ4v) is 4.59. The van der Waals surface area contributed by atoms with Gasteiger partial charge in [-0.05, 0) is 43.9 Å². The van der Waals surface area contributed by atoms with Crippen LogP contribution in [0.5, 0.6) is 0 Å². The van der Waals surface area contributed by atoms with Crippen LogP contribution in [0.3, 0.4) is 0 Å². The first-order valence-electron chi connectivity index (χ1n) is 9.87. The van der Waals surface area contributed by atoms with Crippen molar-refractivity contribution in [3.63, 3.8) is 0 Å². The van der Waals surface area contributed by atoms with E-state index < -0.39 is 0 Å². The monoisotopic (exact) mass is 405 g/mol. The summed E-state index contributed by atoms with van der Waals surface area (Å²) >= 11 is 1.36. The van der Waals surface area contributed by atoms with Crippen LogP contribution in [0.25, 0.3) is 10.9 Å². The molecule has 0 spiro atoms. The molecule has 4 rings (SSSR count). The van der Waals surface area contributed by atoms with Crippen LogP contribution in [0.15, 0.2) is 58.5 Å². The molecular weight excluding hydrogens is 382 g/mol. The normalized spacial score (nSPS) is 17.3. The van der Waals surface area contributed by atoms with E-state index in [1.807, 2.05) is 37.3 Å². The number of para-hydroxylation sites is 1. The van der Waals surface area contributed by atoms with Gasteiger partial charge in [-0.2, -0.15) is 5.26 Å². The molecule has 1 aromatic heterocycles. The molecule has 6 heteroatoms. The molecule has 2 heterocycles. The number of hydrogen-bond acceptors (Lipinski definition) is 5. The molecule has 2 unspecified atom stereocenters. The lowest BCUT2D eigenvalue weighted by Crippen LogP contribution is -2.29. The second-order valence-electron chi connectivity index (χ2n) is 7.39. The van der Waals surface area contributed by atoms with E-state index in [9.17, 15) is 10.1 Å². The number of fused-ring (bicyclic) bond motifs is 1. The summed E-state index contributed by atoms with van der Waals surface area (Å²) in [4.78, 5) is 17.9. The Balaban J connectivity index is 1.67. The van der Waals surface area contributed by atoms with Crippen molar-refractivity contribution < 1.29 is 4.74 Å². The summed E-state index contributed by atoms with van der Waals surface area (Å²) in [6.45, 7) is 3.25. The van der Waals surface area contributed by atoms with Crippen LogP contribution < -0.4 is 5.56 Å². The maximum absolute atomic E-state index is 13.2. The van der Waals surface area contributed by atoms with Gasteiger partial charge in [-0.15, -0.1) is 0 Å². The number of nitriles is 1. The van der Waals surface area contributed by atoms with Crippen molar-refractivity contribution in [1.29, 1.82) is 5.26 Å². The van der Waals surface area contributed by atoms with E-state index in [-0.39, 0.29) is 16.9 Å². The first-order valence-corrected chi connectivity index (χ1v) is 10.7. The van der Waals surface area contributed by atoms with Gasteiger partial charge in [0.05, 0.1) is 29.6 Å². The predicted molar refractivity (Wildman–Crippen MR) is 115 cm³/mol. The topological polar surface area (TPSA) is 67.9 Å². The zero-order valence-electron chi connectivity index (χ0n) is 16.4. The highest BCUT2D eigenvalue weighted by molar-refractivity contribution is 8.00. The summed E-state index contributed by atoms with van der Waals surface area (Å²) < 4.78 is 7.45. The average Bonchev–Trinajstić information content (AvgIpc) is 3.25. The quantitative estimate of drug-likeness (QED) is 0.456. The Bertz CT molecular complexity index is 1100. The number of hydrogen-bond donors (Lipinski definition) is 0. The Hall–Kier alpha value is -2.62. The van der Waals surface area contributed by atoms with Crippen LogP contribution in [-0.4, -0.2) is 27.5 Å². The Morgan fingerprint density at radius 1 is 1.28 bits per heavy atom. The van der Waals surface area contributed by atoms with Crippen molar-refractivity contribution in [2.24, 2.45) is 0 Å². The number of thioether (sulfide) groups is 1. The minimum atomic E-state index is -0.332. The number of aromatic nitrogens is 2. The molecule has 5 nitrogen and oxygen atoms in total. The summed E-state index contributed by atoms with van der Waals surface area (Å²) in [7, 11) is 0. The van der Waals surface area contributed by atoms with Gasteiger partial charge in [-0.1, -0.05) is 53.7 Å². The zero-order chi connectivity index (χ0) is 20.2. The summed E-state index contributed by atoms with van der Waals surface area (Å²) in [5, 5.41) is 10.6. The average molecular weight is 406 g/mol. The molecule has 0 N–H and O–H groups in total. The van der Waals surface area contributed by atoms with Gasteiger partial charge < -0.3 is 4.74 Å². The molecule has 0 amide bonds. The maximum atomic E-state index is 13.2. The highest BCUT2D eigenvalue weighted by Crippen LogP contribution is 2.26. The van der Waals surface area contributed by atoms with Crippen molar-refractivity contribution >= 4 is 22.7 Å². The molecule has 1 aliphatic rings. The van der Waals surface area contributed by atoms with E-state index in [0.29, 0.717) is 29.0 Å². The third-order valence-electron chi connectivity index (χ3n) is 5.17. The van der Waals surface area contributed by atoms with E-state index >= 15 is 0 Å². The molecule has 148 valence electrons. The van der Waals surface area contributed by atoms with Crippen molar-refractivity contribution in [1.82, 2.24) is 9.55 Å². The lowest BCUT2D eigenvalue weighted by Gasteiger charge is -2.18. The minimum absolute atomic E-state index is 0.0210. The number of nitrogens with zero attached hydrogens (tertiary/aromatic N) is 3. The van der Waals surface area contributed by atoms with E-state index in [1.54, 1.807) is 10.6 Å². The van der Waals surface area contributed by atoms with Crippen LogP contribution in [0.1, 0.15) is 24.0 Å². The Labute approximate surface area is 174 Å². The molecule has 0 bridgehead atoms. The maximum Gasteiger partial charge on any atom is 0.262 e. The third-order valence-corrected chi connectivity index (χ3v) is 6.25. The number of ether oxygens (including phenoxy) is 1. The van der Waals surface area contributed by atoms with Crippen molar-refractivity contribution in [3.8, 4) is 6.07 Å². The van der Waals surface area contributed by atoms with Crippen LogP contribution in [0.4, 0.5) is 0 Å². The second-order valence-corrected chi connectivity index (χ2v) is 8.56. The molecule has 0 saturated carbocycles. The Morgan fingerprint density at radius 3 is 2.79 bits per heavy atom. The molecule has 0 aliphatic carbocycles. The second kappa shape index (κ2) is 8.81. The standard InChI is InChI=1S/C23H23N3O2S/c1-16-8-10-17(11-9-16)13-19(14-24)29-23-25-21-7-3-2-6-20(21)22(27)26(23)15-18-5-4-12-28-18/h2-3,6-11,18-19H,4-5,12-13,15H2,1H3. The van der Waals surface area contributed by atoms with E-state index in [2.05, 4.69) is 18.2 Å². The lowest BCUT2D eigenvalue weighted by molar-refractivity contribution is 0.0937. The summed E-state index contributed by atoms with van der Waals surface area (Å²) in [6, 6.07) is 18.0. The fourth-order valence-electron chi connectivity index (χ4n) is 3.57. The number of rotatable bonds is 6. The van der Waals surface area contributed by atoms with Gasteiger partial charge in [0, 0.05) is 6.61 Å². The molecule has 1 fully saturated rings. The molecule has 2 aromatic carbocycles. The van der Waals surface area contributed by atoms with Gasteiger partial charge in [0.1, 0.15) is 5.25 Å². The Morgan fingerprint density at radius 2 is 2.07 bits per heavy atom. The third kappa shape index (κ3) is 4.52. The van der Waals surface area contributed by atoms with Gasteiger partial charge in [0.25, 0.3) is 5.56 Å². The summed E-state index contributed by atoms with van der Waals surface area (Å²) in [5.74, 6) is 0. The molecular formula is C23H23N3O2S. The first kappa shape index (κ1) is 19.7. The smallest absolute Gasteiger partial charge is 0.262 e. The summed E-state index contributed by atoms with van der Waals surface area (Å²) in [5.41, 5.74) is 2.89. The predicted octanol–water partition coefficient (Wildman–Crippen LogP) is 4.11. The summed E-state index contributed by atoms with van der Waals surface area (Å²) in [6.07, 6.45) is 2.57. The highest BCUT2D eigenvalue weighted by atomic mass is 32.2. The zero-order valence-corrected chi connectivity index (χ0v) is 17.2. The Kier molecular flexibility index (Phi) is 5.98. The van der Waals surface area contributed by atoms with Gasteiger partial charge in [-0.25, -0.2) is 4.98 Å². The number of benzene rings is 2. The number of aryl methyl sites for hydroxylation is 1. The fraction of sp³-hybridized carbons (Fsp3) is 0.348. The van der Waals surface area contributed by atoms with Gasteiger partial charge in [0.2, 0.25) is 0 Å². The SMILES string of the molecule is Cc1ccc(CC(C#N)Sc2nc3ccccc3c(=O)n2CC2CCCO2)cc1. The lowest BCUT2D eigenvalue weighted by atomic mass is 10.1. The highest BCUT2D eigenvalue weighted by Gasteiger charge is 2.22. The molecule has 1 aliphatic heterocycles. The van der Waals surface area contributed by atoms with Gasteiger partial charge in [-0.3, -0.25) is 9.36 Å². The van der Waals surface area contributed by atoms with Crippen LogP contribution >= 0.6 is 11.8 Å². The minimum Gasteiger partial charge on any atom is -0.376 e. The van der Waals surface area contributed by atoms with Crippen molar-refractivity contribution in [2.45, 2.75) is 49.2 Å². The molecule has 29 heavy (non-hydrogen) atoms. The largest absolute Gasteiger partial charge is 0.376 e. The van der Waals surface area contributed by atoms with Crippen molar-refractivity contribution in [2.75, 3.05) is 6.61 Å². The van der Waals surface area contributed by atoms with E-state index in [0.717, 1.165) is 25.0 Å². The van der Waals surface area contributed by atoms with Crippen LogP contribution in [0, 0.1) is 18.3 Å². The van der Waals surface area contributed by atoms with E-state index in [1.165, 1.54) is 17.3 Å². The van der Waals surface area contributed by atoms with Crippen LogP contribution in [-0.2, 0) is 17.7 Å². The molecule has 1 saturated heterocycles. The molecule has 3 aromatic rings. The van der Waals surface area contributed by atoms with Crippen LogP contribution in [0.2, 0.25) is 0 Å². The molecule has 0 radical (unpaired) electrons. The molecule has 2 atom stereocenters. The van der Waals surface area contributed by atoms with Gasteiger partial charge >= 0.3 is 0 Å². The van der Waals surface area contributed by atoms with Gasteiger partial charge in [0.15, 0.2) is 5.16 Å².